The highest BCUT2D eigenvalue weighted by Crippen LogP contribution is 2.34. The van der Waals surface area contributed by atoms with E-state index in [4.69, 9.17) is 10.5 Å². The van der Waals surface area contributed by atoms with Crippen molar-refractivity contribution in [1.29, 1.82) is 5.41 Å². The number of nitrogens with one attached hydrogen (secondary N) is 2. The van der Waals surface area contributed by atoms with E-state index in [1.807, 2.05) is 13.8 Å². The Kier molecular flexibility index (Phi) is 7.49. The topological polar surface area (TPSA) is 90.2 Å². The van der Waals surface area contributed by atoms with Crippen molar-refractivity contribution >= 4 is 23.3 Å². The zero-order chi connectivity index (χ0) is 21.6. The molecule has 150 valence electrons. The standard InChI is InChI=1S/C18H15F3N2O3.C2H6/c1-9-4-3-5-13(18(19,20)21)15(9)16(24)23-14-8-11(17(25)26)6-7-12(14)10(2)22;1-2/h3-8,22H,1-2H3,(H,23,24)(H,25,26);1-2H3. The van der Waals surface area contributed by atoms with Crippen molar-refractivity contribution in [2.24, 2.45) is 0 Å². The maximum Gasteiger partial charge on any atom is 0.417 e. The van der Waals surface area contributed by atoms with Gasteiger partial charge in [-0.3, -0.25) is 4.79 Å². The first-order chi connectivity index (χ1) is 13.0. The normalized spacial score (nSPS) is 10.5. The number of carboxylic acids is 1. The molecule has 2 aromatic carbocycles. The molecule has 0 atom stereocenters. The Bertz CT molecular complexity index is 906. The number of rotatable bonds is 4. The van der Waals surface area contributed by atoms with Crippen molar-refractivity contribution in [3.8, 4) is 0 Å². The van der Waals surface area contributed by atoms with Crippen LogP contribution in [0.3, 0.4) is 0 Å². The lowest BCUT2D eigenvalue weighted by molar-refractivity contribution is -0.137. The third kappa shape index (κ3) is 5.18. The predicted molar refractivity (Wildman–Crippen MR) is 101 cm³/mol. The van der Waals surface area contributed by atoms with Crippen LogP contribution in [0.4, 0.5) is 18.9 Å². The second-order valence-corrected chi connectivity index (χ2v) is 5.64. The molecule has 0 spiro atoms. The Hall–Kier alpha value is -3.16. The minimum absolute atomic E-state index is 0.0260. The first-order valence-corrected chi connectivity index (χ1v) is 8.43. The van der Waals surface area contributed by atoms with Gasteiger partial charge in [0.25, 0.3) is 5.91 Å². The van der Waals surface area contributed by atoms with Crippen molar-refractivity contribution in [2.75, 3.05) is 5.32 Å². The van der Waals surface area contributed by atoms with E-state index in [1.54, 1.807) is 0 Å². The molecule has 0 saturated heterocycles. The molecule has 0 saturated carbocycles. The van der Waals surface area contributed by atoms with Gasteiger partial charge in [0.05, 0.1) is 22.4 Å². The second-order valence-electron chi connectivity index (χ2n) is 5.64. The predicted octanol–water partition coefficient (Wildman–Crippen LogP) is 5.38. The van der Waals surface area contributed by atoms with E-state index in [9.17, 15) is 22.8 Å². The molecular formula is C20H21F3N2O3. The number of carbonyl (C=O) groups is 2. The largest absolute Gasteiger partial charge is 0.478 e. The highest BCUT2D eigenvalue weighted by molar-refractivity contribution is 6.11. The molecule has 0 aliphatic carbocycles. The molecule has 0 bridgehead atoms. The van der Waals surface area contributed by atoms with Gasteiger partial charge in [-0.25, -0.2) is 4.79 Å². The summed E-state index contributed by atoms with van der Waals surface area (Å²) in [6.07, 6.45) is -4.72. The Morgan fingerprint density at radius 2 is 1.71 bits per heavy atom. The molecule has 3 N–H and O–H groups in total. The molecular weight excluding hydrogens is 373 g/mol. The number of carbonyl (C=O) groups excluding carboxylic acids is 1. The number of anilines is 1. The van der Waals surface area contributed by atoms with Gasteiger partial charge in [0.15, 0.2) is 0 Å². The summed E-state index contributed by atoms with van der Waals surface area (Å²) in [6, 6.07) is 7.06. The summed E-state index contributed by atoms with van der Waals surface area (Å²) in [6.45, 7) is 6.79. The fourth-order valence-electron chi connectivity index (χ4n) is 2.50. The zero-order valence-electron chi connectivity index (χ0n) is 15.9. The van der Waals surface area contributed by atoms with Crippen LogP contribution in [-0.4, -0.2) is 22.7 Å². The number of alkyl halides is 3. The summed E-state index contributed by atoms with van der Waals surface area (Å²) in [5.41, 5.74) is -1.47. The number of halogens is 3. The Morgan fingerprint density at radius 1 is 1.11 bits per heavy atom. The summed E-state index contributed by atoms with van der Waals surface area (Å²) < 4.78 is 39.6. The van der Waals surface area contributed by atoms with E-state index in [1.165, 1.54) is 38.1 Å². The van der Waals surface area contributed by atoms with Crippen LogP contribution in [0.15, 0.2) is 36.4 Å². The Balaban J connectivity index is 0.00000190. The van der Waals surface area contributed by atoms with E-state index in [-0.39, 0.29) is 28.1 Å². The lowest BCUT2D eigenvalue weighted by Crippen LogP contribution is -2.21. The minimum atomic E-state index is -4.72. The van der Waals surface area contributed by atoms with Crippen molar-refractivity contribution in [3.05, 3.63) is 64.2 Å². The third-order valence-corrected chi connectivity index (χ3v) is 3.72. The highest BCUT2D eigenvalue weighted by atomic mass is 19.4. The number of carboxylic acid groups (broad SMARTS) is 1. The quantitative estimate of drug-likeness (QED) is 0.608. The highest BCUT2D eigenvalue weighted by Gasteiger charge is 2.36. The van der Waals surface area contributed by atoms with E-state index in [0.29, 0.717) is 0 Å². The number of hydrogen-bond acceptors (Lipinski definition) is 3. The maximum atomic E-state index is 13.2. The number of aryl methyl sites for hydroxylation is 1. The number of benzene rings is 2. The average molecular weight is 394 g/mol. The molecule has 2 rings (SSSR count). The molecule has 5 nitrogen and oxygen atoms in total. The maximum absolute atomic E-state index is 13.2. The van der Waals surface area contributed by atoms with Gasteiger partial charge in [0.1, 0.15) is 0 Å². The fourth-order valence-corrected chi connectivity index (χ4v) is 2.50. The van der Waals surface area contributed by atoms with Crippen LogP contribution in [0.25, 0.3) is 0 Å². The van der Waals surface area contributed by atoms with Crippen molar-refractivity contribution in [1.82, 2.24) is 0 Å². The van der Waals surface area contributed by atoms with Crippen LogP contribution in [0.1, 0.15) is 58.2 Å². The molecule has 0 aliphatic rings. The number of aromatic carboxylic acids is 1. The van der Waals surface area contributed by atoms with Gasteiger partial charge in [-0.05, 0) is 37.6 Å². The molecule has 0 radical (unpaired) electrons. The minimum Gasteiger partial charge on any atom is -0.478 e. The van der Waals surface area contributed by atoms with Gasteiger partial charge >= 0.3 is 12.1 Å². The van der Waals surface area contributed by atoms with Crippen LogP contribution < -0.4 is 5.32 Å². The summed E-state index contributed by atoms with van der Waals surface area (Å²) in [7, 11) is 0. The van der Waals surface area contributed by atoms with Gasteiger partial charge in [-0.15, -0.1) is 0 Å². The molecule has 0 aromatic heterocycles. The average Bonchev–Trinajstić information content (AvgIpc) is 2.61. The molecule has 0 unspecified atom stereocenters. The van der Waals surface area contributed by atoms with Gasteiger partial charge < -0.3 is 15.8 Å². The second kappa shape index (κ2) is 9.16. The molecule has 8 heteroatoms. The number of hydrogen-bond donors (Lipinski definition) is 3. The molecule has 2 aromatic rings. The van der Waals surface area contributed by atoms with Crippen molar-refractivity contribution in [2.45, 2.75) is 33.9 Å². The Morgan fingerprint density at radius 3 is 2.21 bits per heavy atom. The van der Waals surface area contributed by atoms with Crippen molar-refractivity contribution < 1.29 is 27.9 Å². The van der Waals surface area contributed by atoms with Gasteiger partial charge in [-0.1, -0.05) is 32.0 Å². The van der Waals surface area contributed by atoms with Gasteiger partial charge in [0, 0.05) is 11.3 Å². The smallest absolute Gasteiger partial charge is 0.417 e. The lowest BCUT2D eigenvalue weighted by atomic mass is 9.99. The van der Waals surface area contributed by atoms with Gasteiger partial charge in [-0.2, -0.15) is 13.2 Å². The lowest BCUT2D eigenvalue weighted by Gasteiger charge is -2.16. The van der Waals surface area contributed by atoms with E-state index in [0.717, 1.165) is 12.1 Å². The molecule has 1 amide bonds. The van der Waals surface area contributed by atoms with Crippen molar-refractivity contribution in [3.63, 3.8) is 0 Å². The zero-order valence-corrected chi connectivity index (χ0v) is 15.9. The first-order valence-electron chi connectivity index (χ1n) is 8.43. The molecule has 28 heavy (non-hydrogen) atoms. The van der Waals surface area contributed by atoms with E-state index in [2.05, 4.69) is 5.32 Å². The first kappa shape index (κ1) is 22.9. The third-order valence-electron chi connectivity index (χ3n) is 3.72. The summed E-state index contributed by atoms with van der Waals surface area (Å²) >= 11 is 0. The molecule has 0 aliphatic heterocycles. The van der Waals surface area contributed by atoms with Crippen LogP contribution in [0.2, 0.25) is 0 Å². The monoisotopic (exact) mass is 394 g/mol. The van der Waals surface area contributed by atoms with Crippen LogP contribution >= 0.6 is 0 Å². The van der Waals surface area contributed by atoms with Gasteiger partial charge in [0.2, 0.25) is 0 Å². The van der Waals surface area contributed by atoms with Crippen LogP contribution in [0.5, 0.6) is 0 Å². The summed E-state index contributed by atoms with van der Waals surface area (Å²) in [5, 5.41) is 19.1. The summed E-state index contributed by atoms with van der Waals surface area (Å²) in [4.78, 5) is 23.6. The molecule has 0 heterocycles. The van der Waals surface area contributed by atoms with E-state index < -0.39 is 29.2 Å². The van der Waals surface area contributed by atoms with Crippen LogP contribution in [0, 0.1) is 12.3 Å². The number of amides is 1. The van der Waals surface area contributed by atoms with Crippen LogP contribution in [-0.2, 0) is 6.18 Å². The SMILES string of the molecule is CC.CC(=N)c1ccc(C(=O)O)cc1NC(=O)c1c(C)cccc1C(F)(F)F. The molecule has 0 fully saturated rings. The fraction of sp³-hybridized carbons (Fsp3) is 0.250. The van der Waals surface area contributed by atoms with E-state index >= 15 is 0 Å². The Labute approximate surface area is 160 Å². The summed E-state index contributed by atoms with van der Waals surface area (Å²) in [5.74, 6) is -2.29.